The first kappa shape index (κ1) is 12.8. The van der Waals surface area contributed by atoms with E-state index in [0.29, 0.717) is 12.0 Å². The molecule has 1 aromatic carbocycles. The van der Waals surface area contributed by atoms with E-state index < -0.39 is 10.0 Å². The maximum Gasteiger partial charge on any atom is 0.266 e. The molecular weight excluding hydrogens is 254 g/mol. The van der Waals surface area contributed by atoms with Gasteiger partial charge in [0.05, 0.1) is 4.90 Å². The van der Waals surface area contributed by atoms with Crippen molar-refractivity contribution in [3.05, 3.63) is 29.8 Å². The van der Waals surface area contributed by atoms with Gasteiger partial charge in [0.1, 0.15) is 0 Å². The highest BCUT2D eigenvalue weighted by Crippen LogP contribution is 2.22. The smallest absolute Gasteiger partial charge is 0.266 e. The van der Waals surface area contributed by atoms with Crippen molar-refractivity contribution in [1.82, 2.24) is 4.31 Å². The van der Waals surface area contributed by atoms with Crippen molar-refractivity contribution in [2.45, 2.75) is 24.7 Å². The second-order valence-corrected chi connectivity index (χ2v) is 6.02. The molecule has 1 amide bonds. The van der Waals surface area contributed by atoms with Crippen LogP contribution in [0.2, 0.25) is 0 Å². The van der Waals surface area contributed by atoms with Crippen LogP contribution >= 0.6 is 0 Å². The lowest BCUT2D eigenvalue weighted by atomic mass is 10.2. The Morgan fingerprint density at radius 2 is 1.83 bits per heavy atom. The first-order valence-corrected chi connectivity index (χ1v) is 7.03. The van der Waals surface area contributed by atoms with Gasteiger partial charge in [-0.3, -0.25) is 9.59 Å². The van der Waals surface area contributed by atoms with E-state index >= 15 is 0 Å². The second-order valence-electron chi connectivity index (χ2n) is 4.16. The fraction of sp³-hybridized carbons (Fsp3) is 0.333. The number of hydrogen-bond acceptors (Lipinski definition) is 4. The van der Waals surface area contributed by atoms with Crippen LogP contribution in [0.15, 0.2) is 29.2 Å². The van der Waals surface area contributed by atoms with Gasteiger partial charge in [-0.1, -0.05) is 12.1 Å². The number of ketones is 1. The van der Waals surface area contributed by atoms with Crippen molar-refractivity contribution in [2.75, 3.05) is 6.54 Å². The van der Waals surface area contributed by atoms with E-state index in [9.17, 15) is 18.0 Å². The van der Waals surface area contributed by atoms with Crippen molar-refractivity contribution in [2.24, 2.45) is 0 Å². The third kappa shape index (κ3) is 2.15. The Hall–Kier alpha value is -1.69. The van der Waals surface area contributed by atoms with Gasteiger partial charge in [-0.2, -0.15) is 0 Å². The number of sulfonamides is 1. The molecule has 0 aliphatic carbocycles. The topological polar surface area (TPSA) is 71.5 Å². The number of carbonyl (C=O) groups is 2. The molecule has 18 heavy (non-hydrogen) atoms. The average Bonchev–Trinajstić information content (AvgIpc) is 2.76. The van der Waals surface area contributed by atoms with Crippen LogP contribution in [0, 0.1) is 0 Å². The summed E-state index contributed by atoms with van der Waals surface area (Å²) < 4.78 is 25.2. The first-order valence-electron chi connectivity index (χ1n) is 5.59. The zero-order valence-electron chi connectivity index (χ0n) is 9.92. The molecule has 0 spiro atoms. The summed E-state index contributed by atoms with van der Waals surface area (Å²) in [5, 5.41) is 0. The van der Waals surface area contributed by atoms with E-state index in [4.69, 9.17) is 0 Å². The first-order chi connectivity index (χ1) is 8.43. The zero-order valence-corrected chi connectivity index (χ0v) is 10.7. The molecule has 0 aromatic heterocycles. The highest BCUT2D eigenvalue weighted by molar-refractivity contribution is 7.89. The van der Waals surface area contributed by atoms with Crippen LogP contribution in [0.25, 0.3) is 0 Å². The summed E-state index contributed by atoms with van der Waals surface area (Å²) in [5.74, 6) is -0.498. The highest BCUT2D eigenvalue weighted by atomic mass is 32.2. The number of Topliss-reactive ketones (excluding diaryl/α,β-unsaturated/α-hetero) is 1. The molecule has 1 aliphatic heterocycles. The highest BCUT2D eigenvalue weighted by Gasteiger charge is 2.32. The van der Waals surface area contributed by atoms with Gasteiger partial charge in [-0.05, 0) is 25.5 Å². The normalized spacial score (nSPS) is 16.1. The van der Waals surface area contributed by atoms with Gasteiger partial charge in [0.25, 0.3) is 10.0 Å². The molecule has 1 saturated heterocycles. The molecule has 5 nitrogen and oxygen atoms in total. The van der Waals surface area contributed by atoms with Gasteiger partial charge >= 0.3 is 0 Å². The Kier molecular flexibility index (Phi) is 3.21. The van der Waals surface area contributed by atoms with Crippen molar-refractivity contribution in [3.8, 4) is 0 Å². The fourth-order valence-electron chi connectivity index (χ4n) is 1.87. The van der Waals surface area contributed by atoms with Gasteiger partial charge in [-0.15, -0.1) is 0 Å². The molecule has 6 heteroatoms. The summed E-state index contributed by atoms with van der Waals surface area (Å²) in [7, 11) is -3.76. The van der Waals surface area contributed by atoms with E-state index in [1.54, 1.807) is 0 Å². The van der Waals surface area contributed by atoms with Gasteiger partial charge < -0.3 is 0 Å². The number of nitrogens with zero attached hydrogens (tertiary/aromatic N) is 1. The van der Waals surface area contributed by atoms with Crippen LogP contribution in [0.5, 0.6) is 0 Å². The Balaban J connectivity index is 2.35. The monoisotopic (exact) mass is 267 g/mol. The van der Waals surface area contributed by atoms with Crippen LogP contribution in [-0.4, -0.2) is 31.0 Å². The summed E-state index contributed by atoms with van der Waals surface area (Å²) in [4.78, 5) is 22.6. The number of hydrogen-bond donors (Lipinski definition) is 0. The van der Waals surface area contributed by atoms with Crippen molar-refractivity contribution < 1.29 is 18.0 Å². The molecule has 2 rings (SSSR count). The van der Waals surface area contributed by atoms with Crippen molar-refractivity contribution in [3.63, 3.8) is 0 Å². The van der Waals surface area contributed by atoms with Crippen molar-refractivity contribution >= 4 is 21.7 Å². The third-order valence-corrected chi connectivity index (χ3v) is 4.71. The molecule has 1 fully saturated rings. The lowest BCUT2D eigenvalue weighted by Gasteiger charge is -2.16. The van der Waals surface area contributed by atoms with Gasteiger partial charge in [0.15, 0.2) is 5.78 Å². The van der Waals surface area contributed by atoms with Gasteiger partial charge in [0, 0.05) is 18.5 Å². The lowest BCUT2D eigenvalue weighted by molar-refractivity contribution is -0.123. The molecule has 96 valence electrons. The molecule has 0 N–H and O–H groups in total. The predicted molar refractivity (Wildman–Crippen MR) is 64.6 cm³/mol. The Morgan fingerprint density at radius 1 is 1.22 bits per heavy atom. The Bertz CT molecular complexity index is 589. The second kappa shape index (κ2) is 4.53. The Labute approximate surface area is 105 Å². The fourth-order valence-corrected chi connectivity index (χ4v) is 3.33. The predicted octanol–water partition coefficient (Wildman–Crippen LogP) is 1.20. The van der Waals surface area contributed by atoms with E-state index in [-0.39, 0.29) is 29.6 Å². The minimum absolute atomic E-state index is 0.0442. The van der Waals surface area contributed by atoms with E-state index in [1.165, 1.54) is 31.2 Å². The number of rotatable bonds is 3. The third-order valence-electron chi connectivity index (χ3n) is 2.88. The number of carbonyl (C=O) groups excluding carboxylic acids is 2. The molecule has 0 atom stereocenters. The number of amides is 1. The van der Waals surface area contributed by atoms with Crippen LogP contribution in [-0.2, 0) is 14.8 Å². The SMILES string of the molecule is CC(=O)c1ccc(S(=O)(=O)N2CCCC2=O)cc1. The molecule has 0 saturated carbocycles. The molecule has 1 aromatic rings. The van der Waals surface area contributed by atoms with Crippen LogP contribution in [0.3, 0.4) is 0 Å². The summed E-state index contributed by atoms with van der Waals surface area (Å²) >= 11 is 0. The standard InChI is InChI=1S/C12H13NO4S/c1-9(14)10-4-6-11(7-5-10)18(16,17)13-8-2-3-12(13)15/h4-7H,2-3,8H2,1H3. The van der Waals surface area contributed by atoms with Crippen molar-refractivity contribution in [1.29, 1.82) is 0 Å². The summed E-state index contributed by atoms with van der Waals surface area (Å²) in [6.07, 6.45) is 0.828. The van der Waals surface area contributed by atoms with E-state index in [2.05, 4.69) is 0 Å². The van der Waals surface area contributed by atoms with Gasteiger partial charge in [0.2, 0.25) is 5.91 Å². The average molecular weight is 267 g/mol. The maximum atomic E-state index is 12.1. The van der Waals surface area contributed by atoms with Crippen LogP contribution in [0.4, 0.5) is 0 Å². The molecule has 0 radical (unpaired) electrons. The van der Waals surface area contributed by atoms with Gasteiger partial charge in [-0.25, -0.2) is 12.7 Å². The minimum Gasteiger partial charge on any atom is -0.295 e. The lowest BCUT2D eigenvalue weighted by Crippen LogP contribution is -2.31. The number of benzene rings is 1. The molecule has 0 unspecified atom stereocenters. The zero-order chi connectivity index (χ0) is 13.3. The largest absolute Gasteiger partial charge is 0.295 e. The molecule has 1 heterocycles. The summed E-state index contributed by atoms with van der Waals surface area (Å²) in [6, 6.07) is 5.63. The maximum absolute atomic E-state index is 12.1. The van der Waals surface area contributed by atoms with Crippen LogP contribution in [0.1, 0.15) is 30.1 Å². The van der Waals surface area contributed by atoms with E-state index in [1.807, 2.05) is 0 Å². The van der Waals surface area contributed by atoms with Crippen LogP contribution < -0.4 is 0 Å². The summed E-state index contributed by atoms with van der Waals surface area (Å²) in [6.45, 7) is 1.64. The minimum atomic E-state index is -3.76. The molecular formula is C12H13NO4S. The summed E-state index contributed by atoms with van der Waals surface area (Å²) in [5.41, 5.74) is 0.446. The Morgan fingerprint density at radius 3 is 2.28 bits per heavy atom. The quantitative estimate of drug-likeness (QED) is 0.771. The molecule has 0 bridgehead atoms. The van der Waals surface area contributed by atoms with E-state index in [0.717, 1.165) is 4.31 Å². The molecule has 1 aliphatic rings.